The largest absolute Gasteiger partial charge is 0.323 e. The van der Waals surface area contributed by atoms with Gasteiger partial charge in [-0.3, -0.25) is 0 Å². The zero-order valence-corrected chi connectivity index (χ0v) is 7.73. The van der Waals surface area contributed by atoms with Crippen LogP contribution in [0.1, 0.15) is 0 Å². The van der Waals surface area contributed by atoms with E-state index in [1.165, 1.54) is 0 Å². The van der Waals surface area contributed by atoms with Gasteiger partial charge in [0.2, 0.25) is 8.27 Å². The first kappa shape index (κ1) is 8.82. The average molecular weight is 169 g/mol. The fraction of sp³-hybridized carbons (Fsp3) is 1.00. The van der Waals surface area contributed by atoms with Gasteiger partial charge >= 0.3 is 0 Å². The van der Waals surface area contributed by atoms with E-state index in [9.17, 15) is 0 Å². The molecule has 0 aromatic rings. The second-order valence-electron chi connectivity index (χ2n) is 1.67. The minimum absolute atomic E-state index is 0.790. The van der Waals surface area contributed by atoms with E-state index < -0.39 is 8.27 Å². The highest BCUT2D eigenvalue weighted by atomic mass is 35.6. The molecule has 0 aromatic carbocycles. The van der Waals surface area contributed by atoms with Crippen molar-refractivity contribution in [3.05, 3.63) is 0 Å². The van der Waals surface area contributed by atoms with E-state index in [-0.39, 0.29) is 0 Å². The zero-order valence-electron chi connectivity index (χ0n) is 5.06. The Morgan fingerprint density at radius 3 is 2.38 bits per heavy atom. The lowest BCUT2D eigenvalue weighted by molar-refractivity contribution is 0.626. The predicted octanol–water partition coefficient (Wildman–Crippen LogP) is 0.823. The number of nitrogens with zero attached hydrogens (tertiary/aromatic N) is 1. The maximum Gasteiger partial charge on any atom is 0.253 e. The van der Waals surface area contributed by atoms with Gasteiger partial charge in [-0.15, -0.1) is 0 Å². The molecule has 0 bridgehead atoms. The molecule has 0 aliphatic carbocycles. The third kappa shape index (κ3) is 3.78. The number of hydrogen-bond acceptors (Lipinski definition) is 1. The molecule has 0 N–H and O–H groups in total. The lowest BCUT2D eigenvalue weighted by Gasteiger charge is -2.14. The highest BCUT2D eigenvalue weighted by molar-refractivity contribution is 7.05. The van der Waals surface area contributed by atoms with Gasteiger partial charge < -0.3 is 4.57 Å². The molecule has 1 nitrogen and oxygen atoms in total. The number of rotatable bonds is 3. The van der Waals surface area contributed by atoms with Gasteiger partial charge in [-0.2, -0.15) is 11.1 Å². The van der Waals surface area contributed by atoms with E-state index in [1.807, 2.05) is 13.6 Å². The van der Waals surface area contributed by atoms with Crippen molar-refractivity contribution in [2.24, 2.45) is 0 Å². The SMILES string of the molecule is CN(C[B]Cl)[SiH](C)Cl. The lowest BCUT2D eigenvalue weighted by Crippen LogP contribution is -2.31. The second kappa shape index (κ2) is 4.68. The van der Waals surface area contributed by atoms with Crippen LogP contribution in [0.5, 0.6) is 0 Å². The van der Waals surface area contributed by atoms with Crippen molar-refractivity contribution < 1.29 is 0 Å². The lowest BCUT2D eigenvalue weighted by atomic mass is 10.1. The fourth-order valence-corrected chi connectivity index (χ4v) is 1.24. The van der Waals surface area contributed by atoms with Gasteiger partial charge in [-0.05, 0) is 20.0 Å². The van der Waals surface area contributed by atoms with Crippen molar-refractivity contribution in [2.45, 2.75) is 6.55 Å². The summed E-state index contributed by atoms with van der Waals surface area (Å²) < 4.78 is 2.06. The van der Waals surface area contributed by atoms with Crippen LogP contribution < -0.4 is 0 Å². The molecule has 1 atom stereocenters. The topological polar surface area (TPSA) is 3.24 Å². The molecular formula is C3H9BCl2NSi. The summed E-state index contributed by atoms with van der Waals surface area (Å²) in [5, 5.41) is 0. The van der Waals surface area contributed by atoms with Crippen LogP contribution in [-0.4, -0.2) is 33.0 Å². The van der Waals surface area contributed by atoms with Crippen molar-refractivity contribution in [3.63, 3.8) is 0 Å². The Bertz CT molecular complexity index is 63.2. The van der Waals surface area contributed by atoms with Crippen molar-refractivity contribution in [3.8, 4) is 0 Å². The Kier molecular flexibility index (Phi) is 5.16. The maximum absolute atomic E-state index is 5.79. The van der Waals surface area contributed by atoms with Crippen molar-refractivity contribution in [2.75, 3.05) is 13.5 Å². The zero-order chi connectivity index (χ0) is 6.57. The molecule has 0 amide bonds. The van der Waals surface area contributed by atoms with E-state index in [4.69, 9.17) is 22.5 Å². The molecule has 1 unspecified atom stereocenters. The molecule has 0 rings (SSSR count). The third-order valence-corrected chi connectivity index (χ3v) is 3.53. The van der Waals surface area contributed by atoms with Crippen LogP contribution in [0.3, 0.4) is 0 Å². The quantitative estimate of drug-likeness (QED) is 0.446. The summed E-state index contributed by atoms with van der Waals surface area (Å²) in [4.78, 5) is 0. The molecule has 47 valence electrons. The highest BCUT2D eigenvalue weighted by Gasteiger charge is 2.04. The summed E-state index contributed by atoms with van der Waals surface area (Å²) in [6.45, 7) is 3.63. The van der Waals surface area contributed by atoms with Crippen LogP contribution in [0.15, 0.2) is 0 Å². The molecule has 0 fully saturated rings. The van der Waals surface area contributed by atoms with Crippen LogP contribution in [0.25, 0.3) is 0 Å². The van der Waals surface area contributed by atoms with Crippen molar-refractivity contribution in [1.82, 2.24) is 4.57 Å². The molecule has 1 radical (unpaired) electrons. The van der Waals surface area contributed by atoms with E-state index in [2.05, 4.69) is 4.57 Å². The van der Waals surface area contributed by atoms with E-state index in [0.29, 0.717) is 0 Å². The minimum atomic E-state index is -1.09. The summed E-state index contributed by atoms with van der Waals surface area (Å²) >= 11 is 11.1. The van der Waals surface area contributed by atoms with Crippen LogP contribution in [0.2, 0.25) is 6.55 Å². The Morgan fingerprint density at radius 1 is 1.75 bits per heavy atom. The Hall–Kier alpha value is 0.822. The van der Waals surface area contributed by atoms with Crippen LogP contribution in [0, 0.1) is 0 Å². The average Bonchev–Trinajstić information content (AvgIpc) is 1.67. The van der Waals surface area contributed by atoms with Crippen molar-refractivity contribution >= 4 is 37.5 Å². The molecule has 8 heavy (non-hydrogen) atoms. The molecule has 0 saturated heterocycles. The van der Waals surface area contributed by atoms with E-state index in [1.54, 1.807) is 6.69 Å². The third-order valence-electron chi connectivity index (χ3n) is 0.964. The summed E-state index contributed by atoms with van der Waals surface area (Å²) in [6.07, 6.45) is 0.790. The first-order chi connectivity index (χ1) is 3.68. The number of halogens is 2. The first-order valence-corrected chi connectivity index (χ1v) is 6.30. The summed E-state index contributed by atoms with van der Waals surface area (Å²) in [6, 6.07) is 0. The maximum atomic E-state index is 5.79. The summed E-state index contributed by atoms with van der Waals surface area (Å²) in [7, 11) is 0.883. The molecule has 0 heterocycles. The van der Waals surface area contributed by atoms with Gasteiger partial charge in [0.05, 0.1) is 0 Å². The molecule has 0 aliphatic rings. The van der Waals surface area contributed by atoms with Gasteiger partial charge in [0.15, 0.2) is 0 Å². The molecule has 0 spiro atoms. The predicted molar refractivity (Wildman–Crippen MR) is 43.1 cm³/mol. The van der Waals surface area contributed by atoms with Crippen LogP contribution in [0.4, 0.5) is 0 Å². The first-order valence-electron chi connectivity index (χ1n) is 2.44. The van der Waals surface area contributed by atoms with Gasteiger partial charge in [0, 0.05) is 0 Å². The Labute approximate surface area is 62.5 Å². The van der Waals surface area contributed by atoms with Gasteiger partial charge in [-0.25, -0.2) is 11.5 Å². The fourth-order valence-electron chi connectivity index (χ4n) is 0.254. The monoisotopic (exact) mass is 168 g/mol. The molecule has 5 heteroatoms. The highest BCUT2D eigenvalue weighted by Crippen LogP contribution is 1.93. The standard InChI is InChI=1S/C3H9BCl2NSi/c1-7(3-4-5)8(2)6/h8H,3H2,1-2H3. The van der Waals surface area contributed by atoms with Gasteiger partial charge in [-0.1, -0.05) is 0 Å². The minimum Gasteiger partial charge on any atom is -0.323 e. The van der Waals surface area contributed by atoms with E-state index >= 15 is 0 Å². The summed E-state index contributed by atoms with van der Waals surface area (Å²) in [5.74, 6) is 0. The van der Waals surface area contributed by atoms with Crippen LogP contribution in [-0.2, 0) is 0 Å². The Balaban J connectivity index is 3.17. The molecule has 0 aliphatic heterocycles. The van der Waals surface area contributed by atoms with E-state index in [0.717, 1.165) is 6.44 Å². The number of hydrogen-bond donors (Lipinski definition) is 0. The second-order valence-corrected chi connectivity index (χ2v) is 5.90. The van der Waals surface area contributed by atoms with Gasteiger partial charge in [0.1, 0.15) is 0 Å². The van der Waals surface area contributed by atoms with Crippen molar-refractivity contribution in [1.29, 1.82) is 0 Å². The Morgan fingerprint density at radius 2 is 2.25 bits per heavy atom. The smallest absolute Gasteiger partial charge is 0.253 e. The summed E-state index contributed by atoms with van der Waals surface area (Å²) in [5.41, 5.74) is 0. The van der Waals surface area contributed by atoms with Crippen LogP contribution >= 0.6 is 22.5 Å². The normalized spacial score (nSPS) is 14.1. The molecular weight excluding hydrogens is 160 g/mol. The molecule has 0 saturated carbocycles. The van der Waals surface area contributed by atoms with Gasteiger partial charge in [0.25, 0.3) is 6.69 Å². The molecule has 0 aromatic heterocycles.